The minimum Gasteiger partial charge on any atom is -0.494 e. The Labute approximate surface area is 167 Å². The number of carbonyl (C=O) groups is 1. The van der Waals surface area contributed by atoms with Gasteiger partial charge in [0.15, 0.2) is 6.61 Å². The van der Waals surface area contributed by atoms with Crippen molar-refractivity contribution in [3.8, 4) is 11.5 Å². The van der Waals surface area contributed by atoms with Crippen molar-refractivity contribution in [1.82, 2.24) is 5.43 Å². The summed E-state index contributed by atoms with van der Waals surface area (Å²) < 4.78 is 11.3. The Bertz CT molecular complexity index is 783. The summed E-state index contributed by atoms with van der Waals surface area (Å²) in [6, 6.07) is 13.7. The number of nitrogens with one attached hydrogen (secondary N) is 1. The van der Waals surface area contributed by atoms with Crippen LogP contribution in [0, 0.1) is 6.92 Å². The second-order valence-electron chi connectivity index (χ2n) is 7.03. The first-order valence-electron chi connectivity index (χ1n) is 9.77. The summed E-state index contributed by atoms with van der Waals surface area (Å²) in [6.07, 6.45) is 3.74. The molecule has 0 unspecified atom stereocenters. The standard InChI is InChI=1S/C23H30N2O3/c1-5-6-13-27-21-11-8-19(9-12-21)15-24-25-23(26)16-28-22-14-20(17(2)3)10-7-18(22)4/h7-12,14-15,17H,5-6,13,16H2,1-4H3,(H,25,26). The molecule has 2 aromatic rings. The Morgan fingerprint density at radius 3 is 2.57 bits per heavy atom. The molecule has 0 saturated carbocycles. The first-order valence-corrected chi connectivity index (χ1v) is 9.77. The molecule has 1 amide bonds. The SMILES string of the molecule is CCCCOc1ccc(C=NNC(=O)COc2cc(C(C)C)ccc2C)cc1. The number of amides is 1. The van der Waals surface area contributed by atoms with Crippen molar-refractivity contribution in [3.05, 3.63) is 59.2 Å². The highest BCUT2D eigenvalue weighted by molar-refractivity contribution is 5.83. The first-order chi connectivity index (χ1) is 13.5. The van der Waals surface area contributed by atoms with E-state index in [-0.39, 0.29) is 12.5 Å². The summed E-state index contributed by atoms with van der Waals surface area (Å²) in [7, 11) is 0. The van der Waals surface area contributed by atoms with Crippen LogP contribution in [-0.4, -0.2) is 25.3 Å². The van der Waals surface area contributed by atoms with Gasteiger partial charge in [-0.2, -0.15) is 5.10 Å². The number of aryl methyl sites for hydroxylation is 1. The third-order valence-corrected chi connectivity index (χ3v) is 4.29. The molecule has 0 aliphatic heterocycles. The number of benzene rings is 2. The summed E-state index contributed by atoms with van der Waals surface area (Å²) in [5, 5.41) is 3.98. The van der Waals surface area contributed by atoms with E-state index in [2.05, 4.69) is 37.4 Å². The second kappa shape index (κ2) is 11.1. The quantitative estimate of drug-likeness (QED) is 0.364. The van der Waals surface area contributed by atoms with E-state index in [0.29, 0.717) is 5.92 Å². The first kappa shape index (κ1) is 21.5. The Morgan fingerprint density at radius 1 is 1.14 bits per heavy atom. The molecule has 5 heteroatoms. The lowest BCUT2D eigenvalue weighted by molar-refractivity contribution is -0.123. The van der Waals surface area contributed by atoms with Crippen LogP contribution in [0.15, 0.2) is 47.6 Å². The number of nitrogens with zero attached hydrogens (tertiary/aromatic N) is 1. The summed E-state index contributed by atoms with van der Waals surface area (Å²) in [5.41, 5.74) is 5.55. The molecule has 0 spiro atoms. The molecule has 2 aromatic carbocycles. The fraction of sp³-hybridized carbons (Fsp3) is 0.391. The minimum atomic E-state index is -0.301. The number of rotatable bonds is 10. The zero-order chi connectivity index (χ0) is 20.4. The summed E-state index contributed by atoms with van der Waals surface area (Å²) >= 11 is 0. The molecule has 0 atom stereocenters. The summed E-state index contributed by atoms with van der Waals surface area (Å²) in [5.74, 6) is 1.67. The lowest BCUT2D eigenvalue weighted by atomic mass is 10.0. The van der Waals surface area contributed by atoms with Gasteiger partial charge in [-0.3, -0.25) is 4.79 Å². The van der Waals surface area contributed by atoms with Crippen LogP contribution in [0.25, 0.3) is 0 Å². The van der Waals surface area contributed by atoms with E-state index in [1.807, 2.05) is 43.3 Å². The van der Waals surface area contributed by atoms with Gasteiger partial charge >= 0.3 is 0 Å². The average Bonchev–Trinajstić information content (AvgIpc) is 2.68. The van der Waals surface area contributed by atoms with Crippen molar-refractivity contribution in [3.63, 3.8) is 0 Å². The number of unbranched alkanes of at least 4 members (excludes halogenated alkanes) is 1. The molecule has 0 heterocycles. The van der Waals surface area contributed by atoms with Crippen LogP contribution in [0.5, 0.6) is 11.5 Å². The molecule has 2 rings (SSSR count). The zero-order valence-corrected chi connectivity index (χ0v) is 17.2. The Morgan fingerprint density at radius 2 is 1.89 bits per heavy atom. The number of hydrogen-bond donors (Lipinski definition) is 1. The van der Waals surface area contributed by atoms with Gasteiger partial charge in [0, 0.05) is 0 Å². The largest absolute Gasteiger partial charge is 0.494 e. The van der Waals surface area contributed by atoms with Gasteiger partial charge in [0.05, 0.1) is 12.8 Å². The van der Waals surface area contributed by atoms with E-state index < -0.39 is 0 Å². The highest BCUT2D eigenvalue weighted by Crippen LogP contribution is 2.24. The van der Waals surface area contributed by atoms with Crippen LogP contribution < -0.4 is 14.9 Å². The normalized spacial score (nSPS) is 11.0. The maximum absolute atomic E-state index is 12.0. The second-order valence-corrected chi connectivity index (χ2v) is 7.03. The van der Waals surface area contributed by atoms with Crippen molar-refractivity contribution >= 4 is 12.1 Å². The zero-order valence-electron chi connectivity index (χ0n) is 17.2. The van der Waals surface area contributed by atoms with E-state index >= 15 is 0 Å². The minimum absolute atomic E-state index is 0.0794. The molecule has 0 aromatic heterocycles. The lowest BCUT2D eigenvalue weighted by Gasteiger charge is -2.12. The summed E-state index contributed by atoms with van der Waals surface area (Å²) in [6.45, 7) is 8.99. The molecule has 5 nitrogen and oxygen atoms in total. The predicted octanol–water partition coefficient (Wildman–Crippen LogP) is 4.83. The van der Waals surface area contributed by atoms with Crippen LogP contribution in [0.2, 0.25) is 0 Å². The molecule has 0 radical (unpaired) electrons. The monoisotopic (exact) mass is 382 g/mol. The number of carbonyl (C=O) groups excluding carboxylic acids is 1. The number of ether oxygens (including phenoxy) is 2. The molecule has 28 heavy (non-hydrogen) atoms. The topological polar surface area (TPSA) is 59.9 Å². The van der Waals surface area contributed by atoms with Gasteiger partial charge < -0.3 is 9.47 Å². The van der Waals surface area contributed by atoms with Gasteiger partial charge in [-0.1, -0.05) is 39.3 Å². The molecule has 0 saturated heterocycles. The van der Waals surface area contributed by atoms with Crippen LogP contribution in [0.1, 0.15) is 56.2 Å². The van der Waals surface area contributed by atoms with E-state index in [1.165, 1.54) is 5.56 Å². The van der Waals surface area contributed by atoms with Gasteiger partial charge in [-0.05, 0) is 66.3 Å². The Hall–Kier alpha value is -2.82. The van der Waals surface area contributed by atoms with E-state index in [0.717, 1.165) is 42.1 Å². The van der Waals surface area contributed by atoms with Crippen molar-refractivity contribution in [1.29, 1.82) is 0 Å². The summed E-state index contributed by atoms with van der Waals surface area (Å²) in [4.78, 5) is 12.0. The molecule has 0 bridgehead atoms. The predicted molar refractivity (Wildman–Crippen MR) is 113 cm³/mol. The van der Waals surface area contributed by atoms with Crippen molar-refractivity contribution in [2.24, 2.45) is 5.10 Å². The fourth-order valence-corrected chi connectivity index (χ4v) is 2.47. The molecule has 150 valence electrons. The molecule has 0 aliphatic carbocycles. The highest BCUT2D eigenvalue weighted by Gasteiger charge is 2.07. The molecule has 0 aliphatic rings. The third-order valence-electron chi connectivity index (χ3n) is 4.29. The van der Waals surface area contributed by atoms with Crippen LogP contribution in [0.3, 0.4) is 0 Å². The van der Waals surface area contributed by atoms with Gasteiger partial charge in [0.1, 0.15) is 11.5 Å². The highest BCUT2D eigenvalue weighted by atomic mass is 16.5. The maximum atomic E-state index is 12.0. The van der Waals surface area contributed by atoms with E-state index in [9.17, 15) is 4.79 Å². The smallest absolute Gasteiger partial charge is 0.277 e. The maximum Gasteiger partial charge on any atom is 0.277 e. The van der Waals surface area contributed by atoms with Crippen molar-refractivity contribution in [2.75, 3.05) is 13.2 Å². The van der Waals surface area contributed by atoms with Crippen LogP contribution in [0.4, 0.5) is 0 Å². The third kappa shape index (κ3) is 7.06. The Balaban J connectivity index is 1.80. The lowest BCUT2D eigenvalue weighted by Crippen LogP contribution is -2.24. The molecular weight excluding hydrogens is 352 g/mol. The Kier molecular flexibility index (Phi) is 8.53. The molecule has 1 N–H and O–H groups in total. The van der Waals surface area contributed by atoms with Gasteiger partial charge in [-0.25, -0.2) is 5.43 Å². The van der Waals surface area contributed by atoms with Crippen LogP contribution >= 0.6 is 0 Å². The fourth-order valence-electron chi connectivity index (χ4n) is 2.47. The molecular formula is C23H30N2O3. The average molecular weight is 383 g/mol. The van der Waals surface area contributed by atoms with E-state index in [4.69, 9.17) is 9.47 Å². The van der Waals surface area contributed by atoms with Gasteiger partial charge in [0.25, 0.3) is 5.91 Å². The van der Waals surface area contributed by atoms with E-state index in [1.54, 1.807) is 6.21 Å². The number of hydrazone groups is 1. The van der Waals surface area contributed by atoms with Crippen molar-refractivity contribution in [2.45, 2.75) is 46.5 Å². The van der Waals surface area contributed by atoms with Crippen molar-refractivity contribution < 1.29 is 14.3 Å². The molecule has 0 fully saturated rings. The van der Waals surface area contributed by atoms with Gasteiger partial charge in [0.2, 0.25) is 0 Å². The van der Waals surface area contributed by atoms with Crippen LogP contribution in [-0.2, 0) is 4.79 Å². The van der Waals surface area contributed by atoms with Gasteiger partial charge in [-0.15, -0.1) is 0 Å². The number of hydrogen-bond acceptors (Lipinski definition) is 4.